The predicted octanol–water partition coefficient (Wildman–Crippen LogP) is 3.67. The molecule has 0 aliphatic carbocycles. The van der Waals surface area contributed by atoms with Crippen molar-refractivity contribution in [2.45, 2.75) is 32.9 Å². The second-order valence-corrected chi connectivity index (χ2v) is 6.43. The van der Waals surface area contributed by atoms with Crippen LogP contribution in [0.15, 0.2) is 35.5 Å². The maximum Gasteiger partial charge on any atom is 0.234 e. The molecule has 0 aliphatic rings. The molecular weight excluding hydrogens is 320 g/mol. The lowest BCUT2D eigenvalue weighted by molar-refractivity contribution is -0.113. The van der Waals surface area contributed by atoms with Crippen LogP contribution in [-0.4, -0.2) is 34.7 Å². The van der Waals surface area contributed by atoms with Crippen LogP contribution in [0.5, 0.6) is 0 Å². The van der Waals surface area contributed by atoms with E-state index in [0.29, 0.717) is 10.9 Å². The Kier molecular flexibility index (Phi) is 6.61. The summed E-state index contributed by atoms with van der Waals surface area (Å²) >= 11 is 1.35. The quantitative estimate of drug-likeness (QED) is 0.613. The molecule has 5 nitrogen and oxygen atoms in total. The first kappa shape index (κ1) is 18.3. The van der Waals surface area contributed by atoms with Crippen LogP contribution >= 0.6 is 11.8 Å². The van der Waals surface area contributed by atoms with E-state index in [1.807, 2.05) is 44.2 Å². The third kappa shape index (κ3) is 5.23. The van der Waals surface area contributed by atoms with E-state index >= 15 is 0 Å². The van der Waals surface area contributed by atoms with Crippen molar-refractivity contribution >= 4 is 29.0 Å². The number of hydrogen-bond acceptors (Lipinski definition) is 5. The monoisotopic (exact) mass is 344 g/mol. The highest BCUT2D eigenvalue weighted by atomic mass is 32.2. The van der Waals surface area contributed by atoms with Crippen LogP contribution in [0.25, 0.3) is 0 Å². The summed E-state index contributed by atoms with van der Waals surface area (Å²) in [6.45, 7) is 10.0. The van der Waals surface area contributed by atoms with E-state index in [0.717, 1.165) is 35.9 Å². The van der Waals surface area contributed by atoms with Gasteiger partial charge < -0.3 is 10.2 Å². The highest BCUT2D eigenvalue weighted by molar-refractivity contribution is 7.99. The molecule has 2 aromatic rings. The van der Waals surface area contributed by atoms with Gasteiger partial charge in [0.05, 0.1) is 5.75 Å². The van der Waals surface area contributed by atoms with E-state index in [-0.39, 0.29) is 5.91 Å². The number of carbonyl (C=O) groups excluding carboxylic acids is 1. The maximum atomic E-state index is 12.1. The molecule has 0 aliphatic heterocycles. The number of aryl methyl sites for hydroxylation is 2. The minimum absolute atomic E-state index is 0.0571. The standard InChI is InChI=1S/C18H24N4OS/c1-5-22(6-2)16-9-7-15(8-10-16)21-17(23)12-24-18-19-13(3)11-14(4)20-18/h7-11H,5-6,12H2,1-4H3,(H,21,23). The molecule has 0 atom stereocenters. The minimum atomic E-state index is -0.0571. The molecule has 0 spiro atoms. The molecule has 0 fully saturated rings. The SMILES string of the molecule is CCN(CC)c1ccc(NC(=O)CSc2nc(C)cc(C)n2)cc1. The number of rotatable bonds is 7. The Morgan fingerprint density at radius 3 is 2.21 bits per heavy atom. The lowest BCUT2D eigenvalue weighted by Crippen LogP contribution is -2.21. The van der Waals surface area contributed by atoms with E-state index in [2.05, 4.69) is 34.0 Å². The summed E-state index contributed by atoms with van der Waals surface area (Å²) < 4.78 is 0. The fourth-order valence-corrected chi connectivity index (χ4v) is 3.18. The molecule has 1 aromatic heterocycles. The number of benzene rings is 1. The molecule has 2 rings (SSSR count). The van der Waals surface area contributed by atoms with Gasteiger partial charge in [-0.3, -0.25) is 4.79 Å². The summed E-state index contributed by atoms with van der Waals surface area (Å²) in [6.07, 6.45) is 0. The van der Waals surface area contributed by atoms with Crippen molar-refractivity contribution in [1.82, 2.24) is 9.97 Å². The van der Waals surface area contributed by atoms with Crippen LogP contribution in [0.2, 0.25) is 0 Å². The number of amides is 1. The molecule has 6 heteroatoms. The van der Waals surface area contributed by atoms with Gasteiger partial charge in [0.2, 0.25) is 5.91 Å². The summed E-state index contributed by atoms with van der Waals surface area (Å²) in [6, 6.07) is 9.85. The second kappa shape index (κ2) is 8.68. The van der Waals surface area contributed by atoms with Crippen molar-refractivity contribution in [2.75, 3.05) is 29.1 Å². The normalized spacial score (nSPS) is 10.5. The van der Waals surface area contributed by atoms with Crippen molar-refractivity contribution in [3.63, 3.8) is 0 Å². The first-order valence-electron chi connectivity index (χ1n) is 8.11. The van der Waals surface area contributed by atoms with Crippen molar-refractivity contribution in [3.8, 4) is 0 Å². The zero-order valence-corrected chi connectivity index (χ0v) is 15.5. The van der Waals surface area contributed by atoms with Crippen LogP contribution in [0, 0.1) is 13.8 Å². The third-order valence-electron chi connectivity index (χ3n) is 3.57. The Balaban J connectivity index is 1.90. The van der Waals surface area contributed by atoms with Crippen LogP contribution in [0.3, 0.4) is 0 Å². The summed E-state index contributed by atoms with van der Waals surface area (Å²) in [7, 11) is 0. The van der Waals surface area contributed by atoms with Crippen molar-refractivity contribution in [1.29, 1.82) is 0 Å². The molecule has 24 heavy (non-hydrogen) atoms. The number of carbonyl (C=O) groups is 1. The third-order valence-corrected chi connectivity index (χ3v) is 4.42. The average Bonchev–Trinajstić information content (AvgIpc) is 2.55. The zero-order chi connectivity index (χ0) is 17.5. The van der Waals surface area contributed by atoms with Gasteiger partial charge in [0.25, 0.3) is 0 Å². The van der Waals surface area contributed by atoms with E-state index in [4.69, 9.17) is 0 Å². The van der Waals surface area contributed by atoms with Gasteiger partial charge in [-0.1, -0.05) is 11.8 Å². The van der Waals surface area contributed by atoms with E-state index < -0.39 is 0 Å². The van der Waals surface area contributed by atoms with Gasteiger partial charge >= 0.3 is 0 Å². The molecule has 0 saturated heterocycles. The molecule has 0 saturated carbocycles. The molecule has 1 heterocycles. The van der Waals surface area contributed by atoms with Crippen molar-refractivity contribution in [3.05, 3.63) is 41.7 Å². The van der Waals surface area contributed by atoms with E-state index in [1.54, 1.807) is 0 Å². The minimum Gasteiger partial charge on any atom is -0.372 e. The van der Waals surface area contributed by atoms with Gasteiger partial charge in [0, 0.05) is 35.9 Å². The fourth-order valence-electron chi connectivity index (χ4n) is 2.43. The summed E-state index contributed by atoms with van der Waals surface area (Å²) in [5.74, 6) is 0.235. The number of nitrogens with zero attached hydrogens (tertiary/aromatic N) is 3. The Morgan fingerprint density at radius 1 is 1.08 bits per heavy atom. The number of anilines is 2. The zero-order valence-electron chi connectivity index (χ0n) is 14.7. The first-order valence-corrected chi connectivity index (χ1v) is 9.10. The lowest BCUT2D eigenvalue weighted by Gasteiger charge is -2.21. The van der Waals surface area contributed by atoms with Crippen molar-refractivity contribution in [2.24, 2.45) is 0 Å². The molecule has 1 aromatic carbocycles. The van der Waals surface area contributed by atoms with Crippen LogP contribution in [0.1, 0.15) is 25.2 Å². The first-order chi connectivity index (χ1) is 11.5. The number of aromatic nitrogens is 2. The largest absolute Gasteiger partial charge is 0.372 e. The van der Waals surface area contributed by atoms with Gasteiger partial charge in [-0.15, -0.1) is 0 Å². The van der Waals surface area contributed by atoms with Gasteiger partial charge in [-0.2, -0.15) is 0 Å². The van der Waals surface area contributed by atoms with Crippen molar-refractivity contribution < 1.29 is 4.79 Å². The Hall–Kier alpha value is -2.08. The maximum absolute atomic E-state index is 12.1. The highest BCUT2D eigenvalue weighted by Gasteiger charge is 2.07. The highest BCUT2D eigenvalue weighted by Crippen LogP contribution is 2.19. The topological polar surface area (TPSA) is 58.1 Å². The molecule has 0 radical (unpaired) electrons. The van der Waals surface area contributed by atoms with E-state index in [9.17, 15) is 4.79 Å². The van der Waals surface area contributed by atoms with E-state index in [1.165, 1.54) is 11.8 Å². The summed E-state index contributed by atoms with van der Waals surface area (Å²) in [4.78, 5) is 23.0. The van der Waals surface area contributed by atoms with Crippen LogP contribution in [0.4, 0.5) is 11.4 Å². The fraction of sp³-hybridized carbons (Fsp3) is 0.389. The van der Waals surface area contributed by atoms with Gasteiger partial charge in [-0.25, -0.2) is 9.97 Å². The molecule has 1 N–H and O–H groups in total. The smallest absolute Gasteiger partial charge is 0.234 e. The second-order valence-electron chi connectivity index (χ2n) is 5.49. The average molecular weight is 344 g/mol. The van der Waals surface area contributed by atoms with Crippen LogP contribution < -0.4 is 10.2 Å². The number of hydrogen-bond donors (Lipinski definition) is 1. The Labute approximate surface area is 147 Å². The summed E-state index contributed by atoms with van der Waals surface area (Å²) in [5.41, 5.74) is 3.80. The van der Waals surface area contributed by atoms with Gasteiger partial charge in [-0.05, 0) is 58.0 Å². The molecule has 1 amide bonds. The van der Waals surface area contributed by atoms with Gasteiger partial charge in [0.1, 0.15) is 0 Å². The number of nitrogens with one attached hydrogen (secondary N) is 1. The summed E-state index contributed by atoms with van der Waals surface area (Å²) in [5, 5.41) is 3.55. The van der Waals surface area contributed by atoms with Crippen LogP contribution in [-0.2, 0) is 4.79 Å². The molecule has 0 unspecified atom stereocenters. The number of thioether (sulfide) groups is 1. The lowest BCUT2D eigenvalue weighted by atomic mass is 10.2. The predicted molar refractivity (Wildman–Crippen MR) is 101 cm³/mol. The Morgan fingerprint density at radius 2 is 1.67 bits per heavy atom. The molecule has 128 valence electrons. The molecule has 0 bridgehead atoms. The molecular formula is C18H24N4OS. The van der Waals surface area contributed by atoms with Gasteiger partial charge in [0.15, 0.2) is 5.16 Å². The Bertz CT molecular complexity index is 664.